The molecule has 0 aliphatic carbocycles. The predicted molar refractivity (Wildman–Crippen MR) is 91.9 cm³/mol. The molecule has 28 heavy (non-hydrogen) atoms. The topological polar surface area (TPSA) is 46.6 Å². The Hall–Kier alpha value is -2.90. The van der Waals surface area contributed by atoms with Crippen molar-refractivity contribution in [1.82, 2.24) is 4.90 Å². The fraction of sp³-hybridized carbons (Fsp3) is 0.300. The minimum atomic E-state index is -4.73. The molecule has 0 bridgehead atoms. The van der Waals surface area contributed by atoms with Gasteiger partial charge < -0.3 is 4.74 Å². The highest BCUT2D eigenvalue weighted by Gasteiger charge is 2.45. The lowest BCUT2D eigenvalue weighted by Gasteiger charge is -2.24. The van der Waals surface area contributed by atoms with Crippen molar-refractivity contribution in [3.05, 3.63) is 71.5 Å². The number of benzene rings is 2. The van der Waals surface area contributed by atoms with E-state index in [0.29, 0.717) is 0 Å². The summed E-state index contributed by atoms with van der Waals surface area (Å²) in [5.41, 5.74) is 0.587. The monoisotopic (exact) mass is 395 g/mol. The first-order chi connectivity index (χ1) is 13.3. The average Bonchev–Trinajstić information content (AvgIpc) is 3.01. The molecule has 148 valence electrons. The van der Waals surface area contributed by atoms with E-state index in [1.54, 1.807) is 30.3 Å². The summed E-state index contributed by atoms with van der Waals surface area (Å²) in [5.74, 6) is -3.80. The highest BCUT2D eigenvalue weighted by Crippen LogP contribution is 2.38. The molecule has 1 heterocycles. The highest BCUT2D eigenvalue weighted by atomic mass is 19.4. The van der Waals surface area contributed by atoms with Gasteiger partial charge in [-0.2, -0.15) is 13.2 Å². The maximum absolute atomic E-state index is 13.5. The molecular formula is C20H17F4NO3. The summed E-state index contributed by atoms with van der Waals surface area (Å²) in [5, 5.41) is 0. The normalized spacial score (nSPS) is 18.1. The lowest BCUT2D eigenvalue weighted by molar-refractivity contribution is -0.160. The van der Waals surface area contributed by atoms with Crippen molar-refractivity contribution in [2.24, 2.45) is 0 Å². The Bertz CT molecular complexity index is 837. The van der Waals surface area contributed by atoms with Crippen LogP contribution in [0.1, 0.15) is 23.5 Å². The van der Waals surface area contributed by atoms with Crippen LogP contribution in [0.15, 0.2) is 54.6 Å². The number of alkyl halides is 3. The smallest absolute Gasteiger partial charge is 0.416 e. The van der Waals surface area contributed by atoms with Crippen LogP contribution in [0.25, 0.3) is 0 Å². The number of halogens is 4. The Labute approximate surface area is 158 Å². The Kier molecular flexibility index (Phi) is 5.67. The minimum Gasteiger partial charge on any atom is -0.447 e. The number of imide groups is 1. The summed E-state index contributed by atoms with van der Waals surface area (Å²) in [7, 11) is 0. The molecule has 0 radical (unpaired) electrons. The molecule has 2 amide bonds. The van der Waals surface area contributed by atoms with E-state index >= 15 is 0 Å². The number of carbonyl (C=O) groups excluding carboxylic acids is 2. The van der Waals surface area contributed by atoms with Gasteiger partial charge in [0.2, 0.25) is 5.91 Å². The van der Waals surface area contributed by atoms with Gasteiger partial charge in [-0.05, 0) is 29.7 Å². The Morgan fingerprint density at radius 3 is 2.36 bits per heavy atom. The molecule has 0 spiro atoms. The van der Waals surface area contributed by atoms with Crippen molar-refractivity contribution in [2.75, 3.05) is 6.61 Å². The van der Waals surface area contributed by atoms with Crippen LogP contribution in [-0.2, 0) is 16.0 Å². The van der Waals surface area contributed by atoms with Crippen molar-refractivity contribution in [3.63, 3.8) is 0 Å². The van der Waals surface area contributed by atoms with Gasteiger partial charge in [-0.3, -0.25) is 4.79 Å². The van der Waals surface area contributed by atoms with Crippen LogP contribution in [0, 0.1) is 5.82 Å². The van der Waals surface area contributed by atoms with Crippen molar-refractivity contribution in [2.45, 2.75) is 31.0 Å². The van der Waals surface area contributed by atoms with E-state index in [9.17, 15) is 27.2 Å². The predicted octanol–water partition coefficient (Wildman–Crippen LogP) is 4.45. The average molecular weight is 395 g/mol. The second kappa shape index (κ2) is 8.00. The van der Waals surface area contributed by atoms with Crippen molar-refractivity contribution in [3.8, 4) is 0 Å². The number of hydrogen-bond donors (Lipinski definition) is 0. The van der Waals surface area contributed by atoms with E-state index in [4.69, 9.17) is 4.74 Å². The summed E-state index contributed by atoms with van der Waals surface area (Å²) in [6, 6.07) is 12.1. The van der Waals surface area contributed by atoms with Gasteiger partial charge in [-0.1, -0.05) is 42.5 Å². The van der Waals surface area contributed by atoms with Crippen LogP contribution < -0.4 is 0 Å². The van der Waals surface area contributed by atoms with E-state index in [1.165, 1.54) is 0 Å². The third-order valence-corrected chi connectivity index (χ3v) is 4.59. The van der Waals surface area contributed by atoms with E-state index in [1.807, 2.05) is 0 Å². The second-order valence-electron chi connectivity index (χ2n) is 6.53. The first kappa shape index (κ1) is 19.9. The molecule has 1 fully saturated rings. The van der Waals surface area contributed by atoms with Crippen molar-refractivity contribution in [1.29, 1.82) is 0 Å². The molecular weight excluding hydrogens is 378 g/mol. The summed E-state index contributed by atoms with van der Waals surface area (Å²) in [6.07, 6.45) is -6.36. The lowest BCUT2D eigenvalue weighted by atomic mass is 9.94. The van der Waals surface area contributed by atoms with Crippen LogP contribution >= 0.6 is 0 Å². The largest absolute Gasteiger partial charge is 0.447 e. The van der Waals surface area contributed by atoms with Crippen LogP contribution in [-0.4, -0.2) is 35.7 Å². The number of carbonyl (C=O) groups is 2. The van der Waals surface area contributed by atoms with Crippen LogP contribution in [0.4, 0.5) is 22.4 Å². The molecule has 1 saturated heterocycles. The molecule has 0 N–H and O–H groups in total. The van der Waals surface area contributed by atoms with Crippen molar-refractivity contribution >= 4 is 12.0 Å². The first-order valence-corrected chi connectivity index (χ1v) is 8.60. The molecule has 2 unspecified atom stereocenters. The number of ether oxygens (including phenoxy) is 1. The Balaban J connectivity index is 1.79. The van der Waals surface area contributed by atoms with Gasteiger partial charge >= 0.3 is 12.3 Å². The second-order valence-corrected chi connectivity index (χ2v) is 6.53. The fourth-order valence-corrected chi connectivity index (χ4v) is 3.19. The molecule has 0 saturated carbocycles. The summed E-state index contributed by atoms with van der Waals surface area (Å²) >= 11 is 0. The van der Waals surface area contributed by atoms with Gasteiger partial charge in [0, 0.05) is 6.42 Å². The third-order valence-electron chi connectivity index (χ3n) is 4.59. The molecule has 3 rings (SSSR count). The summed E-state index contributed by atoms with van der Waals surface area (Å²) in [6.45, 7) is -0.0767. The zero-order valence-corrected chi connectivity index (χ0v) is 14.7. The van der Waals surface area contributed by atoms with Gasteiger partial charge in [-0.25, -0.2) is 14.1 Å². The number of hydrogen-bond acceptors (Lipinski definition) is 3. The number of amides is 2. The number of rotatable bonds is 5. The SMILES string of the molecule is O=C(CC(c1ccc(F)cc1)C(F)(F)F)N1C(=O)OCC1Cc1ccccc1. The zero-order chi connectivity index (χ0) is 20.3. The van der Waals surface area contributed by atoms with E-state index in [0.717, 1.165) is 34.7 Å². The standard InChI is InChI=1S/C20H17F4NO3/c21-15-8-6-14(7-9-15)17(20(22,23)24)11-18(26)25-16(12-28-19(25)27)10-13-4-2-1-3-5-13/h1-9,16-17H,10-12H2. The van der Waals surface area contributed by atoms with E-state index in [2.05, 4.69) is 0 Å². The van der Waals surface area contributed by atoms with Crippen LogP contribution in [0.2, 0.25) is 0 Å². The van der Waals surface area contributed by atoms with Gasteiger partial charge in [0.05, 0.1) is 12.0 Å². The molecule has 8 heteroatoms. The quantitative estimate of drug-likeness (QED) is 0.703. The molecule has 1 aliphatic rings. The molecule has 2 aromatic carbocycles. The van der Waals surface area contributed by atoms with Gasteiger partial charge in [0.15, 0.2) is 0 Å². The Morgan fingerprint density at radius 2 is 1.75 bits per heavy atom. The van der Waals surface area contributed by atoms with E-state index in [-0.39, 0.29) is 18.6 Å². The van der Waals surface area contributed by atoms with Gasteiger partial charge in [0.1, 0.15) is 12.4 Å². The third kappa shape index (κ3) is 4.49. The van der Waals surface area contributed by atoms with Crippen molar-refractivity contribution < 1.29 is 31.9 Å². The molecule has 4 nitrogen and oxygen atoms in total. The van der Waals surface area contributed by atoms with Crippen LogP contribution in [0.5, 0.6) is 0 Å². The molecule has 1 aliphatic heterocycles. The molecule has 2 atom stereocenters. The summed E-state index contributed by atoms with van der Waals surface area (Å²) in [4.78, 5) is 25.3. The molecule has 2 aromatic rings. The number of nitrogens with zero attached hydrogens (tertiary/aromatic N) is 1. The summed E-state index contributed by atoms with van der Waals surface area (Å²) < 4.78 is 58.5. The fourth-order valence-electron chi connectivity index (χ4n) is 3.19. The lowest BCUT2D eigenvalue weighted by Crippen LogP contribution is -2.41. The van der Waals surface area contributed by atoms with Gasteiger partial charge in [0.25, 0.3) is 0 Å². The van der Waals surface area contributed by atoms with Crippen LogP contribution in [0.3, 0.4) is 0 Å². The maximum Gasteiger partial charge on any atom is 0.416 e. The first-order valence-electron chi connectivity index (χ1n) is 8.60. The van der Waals surface area contributed by atoms with E-state index < -0.39 is 42.4 Å². The molecule has 0 aromatic heterocycles. The number of cyclic esters (lactones) is 1. The Morgan fingerprint density at radius 1 is 1.11 bits per heavy atom. The zero-order valence-electron chi connectivity index (χ0n) is 14.7. The minimum absolute atomic E-state index is 0.0767. The van der Waals surface area contributed by atoms with Gasteiger partial charge in [-0.15, -0.1) is 0 Å². The highest BCUT2D eigenvalue weighted by molar-refractivity contribution is 5.94. The maximum atomic E-state index is 13.5.